The van der Waals surface area contributed by atoms with E-state index in [1.165, 1.54) is 19.1 Å². The average molecular weight is 432 g/mol. The highest BCUT2D eigenvalue weighted by Crippen LogP contribution is 2.16. The highest BCUT2D eigenvalue weighted by Gasteiger charge is 2.11. The Morgan fingerprint density at radius 3 is 1.96 bits per heavy atom. The van der Waals surface area contributed by atoms with E-state index < -0.39 is 25.2 Å². The number of rotatable bonds is 6. The molecule has 1 amide bonds. The first-order chi connectivity index (χ1) is 12.9. The number of halogens is 1. The first-order valence-corrected chi connectivity index (χ1v) is 11.0. The van der Waals surface area contributed by atoms with Crippen molar-refractivity contribution in [3.8, 4) is 0 Å². The van der Waals surface area contributed by atoms with Crippen molar-refractivity contribution in [1.29, 1.82) is 0 Å². The number of hydrogen-bond acceptors (Lipinski definition) is 6. The number of aryl methyl sites for hydroxylation is 1. The van der Waals surface area contributed by atoms with Crippen LogP contribution in [0.2, 0.25) is 0 Å². The molecular weight excluding hydrogens is 411 g/mol. The van der Waals surface area contributed by atoms with E-state index in [1.54, 1.807) is 12.1 Å². The average Bonchev–Trinajstić information content (AvgIpc) is 2.61. The maximum Gasteiger partial charge on any atom is 0.332 e. The zero-order chi connectivity index (χ0) is 21.4. The standard InChI is InChI=1S/C15H15FN2O3S.C2H6O3S/c16-22(20,21)14-8-6-13(7-9-14)18-15(19)10-3-11-1-4-12(17)5-2-11;1-2-6(3,4)5/h1-2,4-9H,3,10,17H2,(H,18,19);2H2,1H3,(H,3,4,5). The van der Waals surface area contributed by atoms with Crippen molar-refractivity contribution in [2.24, 2.45) is 0 Å². The number of carbonyl (C=O) groups excluding carboxylic acids is 1. The molecule has 2 rings (SSSR count). The number of benzene rings is 2. The molecule has 0 radical (unpaired) electrons. The van der Waals surface area contributed by atoms with Crippen LogP contribution in [-0.2, 0) is 31.6 Å². The van der Waals surface area contributed by atoms with Gasteiger partial charge in [-0.25, -0.2) is 0 Å². The first-order valence-electron chi connectivity index (χ1n) is 8.05. The Bertz CT molecular complexity index is 989. The Labute approximate surface area is 163 Å². The van der Waals surface area contributed by atoms with Gasteiger partial charge in [-0.3, -0.25) is 9.35 Å². The molecule has 0 aliphatic rings. The molecule has 0 atom stereocenters. The summed E-state index contributed by atoms with van der Waals surface area (Å²) in [6, 6.07) is 12.1. The minimum atomic E-state index is -4.72. The van der Waals surface area contributed by atoms with Gasteiger partial charge in [-0.15, -0.1) is 3.89 Å². The number of nitrogens with one attached hydrogen (secondary N) is 1. The number of nitrogens with two attached hydrogens (primary N) is 1. The second kappa shape index (κ2) is 10.2. The predicted molar refractivity (Wildman–Crippen MR) is 105 cm³/mol. The van der Waals surface area contributed by atoms with Crippen LogP contribution in [0.1, 0.15) is 18.9 Å². The smallest absolute Gasteiger partial charge is 0.332 e. The van der Waals surface area contributed by atoms with Crippen molar-refractivity contribution in [1.82, 2.24) is 0 Å². The number of carbonyl (C=O) groups is 1. The summed E-state index contributed by atoms with van der Waals surface area (Å²) in [6.45, 7) is 1.37. The second-order valence-corrected chi connectivity index (χ2v) is 8.71. The Kier molecular flexibility index (Phi) is 8.54. The Morgan fingerprint density at radius 2 is 1.54 bits per heavy atom. The summed E-state index contributed by atoms with van der Waals surface area (Å²) in [5.41, 5.74) is 7.64. The van der Waals surface area contributed by atoms with E-state index in [4.69, 9.17) is 10.3 Å². The molecule has 0 fully saturated rings. The number of amides is 1. The molecule has 0 unspecified atom stereocenters. The molecule has 11 heteroatoms. The molecule has 28 heavy (non-hydrogen) atoms. The number of anilines is 2. The Balaban J connectivity index is 0.000000568. The lowest BCUT2D eigenvalue weighted by Gasteiger charge is -2.06. The fourth-order valence-electron chi connectivity index (χ4n) is 1.87. The predicted octanol–water partition coefficient (Wildman–Crippen LogP) is 2.39. The van der Waals surface area contributed by atoms with Crippen LogP contribution >= 0.6 is 0 Å². The van der Waals surface area contributed by atoms with Crippen LogP contribution in [0.5, 0.6) is 0 Å². The summed E-state index contributed by atoms with van der Waals surface area (Å²) in [6.07, 6.45) is 0.829. The molecule has 0 spiro atoms. The van der Waals surface area contributed by atoms with E-state index in [0.717, 1.165) is 17.7 Å². The summed E-state index contributed by atoms with van der Waals surface area (Å²) >= 11 is 0. The van der Waals surface area contributed by atoms with Crippen molar-refractivity contribution in [2.45, 2.75) is 24.7 Å². The van der Waals surface area contributed by atoms with Gasteiger partial charge in [0.05, 0.1) is 10.6 Å². The minimum Gasteiger partial charge on any atom is -0.399 e. The summed E-state index contributed by atoms with van der Waals surface area (Å²) in [4.78, 5) is 11.4. The zero-order valence-corrected chi connectivity index (χ0v) is 16.6. The SMILES string of the molecule is CCS(=O)(=O)O.Nc1ccc(CCC(=O)Nc2ccc(S(=O)(=O)F)cc2)cc1. The summed E-state index contributed by atoms with van der Waals surface area (Å²) in [5.74, 6) is -0.416. The molecule has 2 aromatic rings. The first kappa shape index (κ1) is 23.5. The second-order valence-electron chi connectivity index (χ2n) is 5.62. The lowest BCUT2D eigenvalue weighted by Crippen LogP contribution is -2.12. The van der Waals surface area contributed by atoms with E-state index in [0.29, 0.717) is 17.8 Å². The van der Waals surface area contributed by atoms with Gasteiger partial charge in [-0.2, -0.15) is 16.8 Å². The Hall–Kier alpha value is -2.50. The van der Waals surface area contributed by atoms with Gasteiger partial charge in [0.2, 0.25) is 5.91 Å². The van der Waals surface area contributed by atoms with Crippen molar-refractivity contribution in [3.63, 3.8) is 0 Å². The molecule has 2 aromatic carbocycles. The van der Waals surface area contributed by atoms with Crippen LogP contribution in [0, 0.1) is 0 Å². The van der Waals surface area contributed by atoms with Gasteiger partial charge >= 0.3 is 10.2 Å². The minimum absolute atomic E-state index is 0.201. The van der Waals surface area contributed by atoms with E-state index in [-0.39, 0.29) is 18.1 Å². The summed E-state index contributed by atoms with van der Waals surface area (Å²) < 4.78 is 61.0. The third-order valence-electron chi connectivity index (χ3n) is 3.40. The lowest BCUT2D eigenvalue weighted by atomic mass is 10.1. The van der Waals surface area contributed by atoms with Crippen molar-refractivity contribution in [2.75, 3.05) is 16.8 Å². The Morgan fingerprint density at radius 1 is 1.04 bits per heavy atom. The molecule has 0 bridgehead atoms. The normalized spacial score (nSPS) is 11.2. The molecule has 0 saturated heterocycles. The molecule has 4 N–H and O–H groups in total. The zero-order valence-electron chi connectivity index (χ0n) is 15.0. The quantitative estimate of drug-likeness (QED) is 0.361. The van der Waals surface area contributed by atoms with E-state index >= 15 is 0 Å². The molecule has 154 valence electrons. The van der Waals surface area contributed by atoms with Crippen LogP contribution in [-0.4, -0.2) is 33.0 Å². The largest absolute Gasteiger partial charge is 0.399 e. The van der Waals surface area contributed by atoms with E-state index in [1.807, 2.05) is 12.1 Å². The van der Waals surface area contributed by atoms with Crippen LogP contribution in [0.15, 0.2) is 53.4 Å². The number of nitrogen functional groups attached to an aromatic ring is 1. The maximum atomic E-state index is 12.7. The maximum absolute atomic E-state index is 12.7. The summed E-state index contributed by atoms with van der Waals surface area (Å²) in [7, 11) is -8.38. The third-order valence-corrected chi connectivity index (χ3v) is 4.97. The highest BCUT2D eigenvalue weighted by molar-refractivity contribution is 7.86. The molecule has 0 aliphatic heterocycles. The van der Waals surface area contributed by atoms with Crippen LogP contribution in [0.25, 0.3) is 0 Å². The van der Waals surface area contributed by atoms with Crippen molar-refractivity contribution < 1.29 is 30.1 Å². The van der Waals surface area contributed by atoms with E-state index in [2.05, 4.69) is 5.32 Å². The van der Waals surface area contributed by atoms with Crippen molar-refractivity contribution >= 4 is 37.6 Å². The molecule has 8 nitrogen and oxygen atoms in total. The van der Waals surface area contributed by atoms with Gasteiger partial charge in [0.25, 0.3) is 10.1 Å². The van der Waals surface area contributed by atoms with E-state index in [9.17, 15) is 25.5 Å². The molecule has 0 aliphatic carbocycles. The lowest BCUT2D eigenvalue weighted by molar-refractivity contribution is -0.116. The van der Waals surface area contributed by atoms with Gasteiger partial charge in [-0.1, -0.05) is 12.1 Å². The van der Waals surface area contributed by atoms with Gasteiger partial charge < -0.3 is 11.1 Å². The van der Waals surface area contributed by atoms with Gasteiger partial charge in [0.1, 0.15) is 0 Å². The van der Waals surface area contributed by atoms with Gasteiger partial charge in [0.15, 0.2) is 0 Å². The van der Waals surface area contributed by atoms with Crippen LogP contribution in [0.4, 0.5) is 15.3 Å². The molecule has 0 saturated carbocycles. The number of hydrogen-bond donors (Lipinski definition) is 3. The molecule has 0 aromatic heterocycles. The monoisotopic (exact) mass is 432 g/mol. The van der Waals surface area contributed by atoms with Gasteiger partial charge in [0, 0.05) is 17.8 Å². The summed E-state index contributed by atoms with van der Waals surface area (Å²) in [5, 5.41) is 2.62. The fourth-order valence-corrected chi connectivity index (χ4v) is 2.33. The van der Waals surface area contributed by atoms with Crippen LogP contribution < -0.4 is 11.1 Å². The topological polar surface area (TPSA) is 144 Å². The molecular formula is C17H21FN2O6S2. The van der Waals surface area contributed by atoms with Gasteiger partial charge in [-0.05, 0) is 55.3 Å². The fraction of sp³-hybridized carbons (Fsp3) is 0.235. The highest BCUT2D eigenvalue weighted by atomic mass is 32.3. The van der Waals surface area contributed by atoms with Crippen molar-refractivity contribution in [3.05, 3.63) is 54.1 Å². The third kappa shape index (κ3) is 9.44. The molecule has 0 heterocycles. The van der Waals surface area contributed by atoms with Crippen LogP contribution in [0.3, 0.4) is 0 Å².